The molecule has 1 N–H and O–H groups in total. The van der Waals surface area contributed by atoms with E-state index < -0.39 is 0 Å². The summed E-state index contributed by atoms with van der Waals surface area (Å²) in [5.41, 5.74) is 0. The van der Waals surface area contributed by atoms with Crippen molar-refractivity contribution >= 4 is 5.91 Å². The van der Waals surface area contributed by atoms with E-state index >= 15 is 0 Å². The second kappa shape index (κ2) is 7.84. The summed E-state index contributed by atoms with van der Waals surface area (Å²) in [6.45, 7) is 8.34. The maximum absolute atomic E-state index is 11.7. The van der Waals surface area contributed by atoms with Crippen LogP contribution in [-0.4, -0.2) is 11.9 Å². The first kappa shape index (κ1) is 13.5. The first-order valence-corrected chi connectivity index (χ1v) is 5.92. The van der Waals surface area contributed by atoms with Gasteiger partial charge in [-0.2, -0.15) is 0 Å². The molecule has 0 fully saturated rings. The quantitative estimate of drug-likeness (QED) is 0.670. The normalized spacial score (nSPS) is 12.9. The van der Waals surface area contributed by atoms with Crippen molar-refractivity contribution in [2.45, 2.75) is 65.8 Å². The Hall–Kier alpha value is -0.530. The fourth-order valence-corrected chi connectivity index (χ4v) is 1.61. The topological polar surface area (TPSA) is 29.1 Å². The molecule has 1 atom stereocenters. The van der Waals surface area contributed by atoms with E-state index in [1.165, 1.54) is 6.42 Å². The second-order valence-electron chi connectivity index (χ2n) is 4.29. The highest BCUT2D eigenvalue weighted by Crippen LogP contribution is 2.15. The van der Waals surface area contributed by atoms with Gasteiger partial charge in [0.2, 0.25) is 5.91 Å². The van der Waals surface area contributed by atoms with Crippen LogP contribution in [0.3, 0.4) is 0 Å². The first-order chi connectivity index (χ1) is 6.61. The van der Waals surface area contributed by atoms with E-state index in [1.54, 1.807) is 0 Å². The van der Waals surface area contributed by atoms with Crippen LogP contribution in [0.4, 0.5) is 0 Å². The Morgan fingerprint density at radius 3 is 2.21 bits per heavy atom. The maximum Gasteiger partial charge on any atom is 0.223 e. The molecule has 0 spiro atoms. The Bertz CT molecular complexity index is 154. The molecule has 0 aromatic carbocycles. The van der Waals surface area contributed by atoms with Gasteiger partial charge in [0.1, 0.15) is 0 Å². The molecule has 0 heterocycles. The molecule has 0 radical (unpaired) electrons. The van der Waals surface area contributed by atoms with Crippen LogP contribution < -0.4 is 5.32 Å². The van der Waals surface area contributed by atoms with Crippen molar-refractivity contribution in [3.05, 3.63) is 0 Å². The Morgan fingerprint density at radius 1 is 1.14 bits per heavy atom. The summed E-state index contributed by atoms with van der Waals surface area (Å²) in [6.07, 6.45) is 5.51. The molecule has 0 aliphatic rings. The number of unbranched alkanes of at least 4 members (excludes halogenated alkanes) is 1. The molecule has 0 bridgehead atoms. The van der Waals surface area contributed by atoms with Gasteiger partial charge in [0.05, 0.1) is 0 Å². The van der Waals surface area contributed by atoms with Crippen LogP contribution in [0.25, 0.3) is 0 Å². The van der Waals surface area contributed by atoms with Gasteiger partial charge in [-0.05, 0) is 26.7 Å². The SMILES string of the molecule is CCCCC(CCC)C(=O)NC(C)C. The molecule has 0 aromatic rings. The van der Waals surface area contributed by atoms with Gasteiger partial charge >= 0.3 is 0 Å². The van der Waals surface area contributed by atoms with E-state index in [0.29, 0.717) is 0 Å². The molecule has 2 heteroatoms. The van der Waals surface area contributed by atoms with Crippen LogP contribution in [-0.2, 0) is 4.79 Å². The molecule has 0 aromatic heterocycles. The van der Waals surface area contributed by atoms with Gasteiger partial charge in [0.15, 0.2) is 0 Å². The lowest BCUT2D eigenvalue weighted by Crippen LogP contribution is -2.35. The van der Waals surface area contributed by atoms with Crippen molar-refractivity contribution in [3.63, 3.8) is 0 Å². The van der Waals surface area contributed by atoms with E-state index in [4.69, 9.17) is 0 Å². The number of hydrogen-bond acceptors (Lipinski definition) is 1. The predicted octanol–water partition coefficient (Wildman–Crippen LogP) is 3.12. The van der Waals surface area contributed by atoms with E-state index in [9.17, 15) is 4.79 Å². The summed E-state index contributed by atoms with van der Waals surface area (Å²) in [6, 6.07) is 0.267. The Kier molecular flexibility index (Phi) is 7.54. The molecule has 0 saturated heterocycles. The minimum atomic E-state index is 0.238. The lowest BCUT2D eigenvalue weighted by Gasteiger charge is -2.17. The van der Waals surface area contributed by atoms with Crippen molar-refractivity contribution in [3.8, 4) is 0 Å². The van der Waals surface area contributed by atoms with Gasteiger partial charge in [0, 0.05) is 12.0 Å². The van der Waals surface area contributed by atoms with Crippen molar-refractivity contribution in [1.82, 2.24) is 5.32 Å². The number of carbonyl (C=O) groups excluding carboxylic acids is 1. The summed E-state index contributed by atoms with van der Waals surface area (Å²) < 4.78 is 0. The molecule has 0 aliphatic heterocycles. The monoisotopic (exact) mass is 199 g/mol. The highest BCUT2D eigenvalue weighted by Gasteiger charge is 2.16. The van der Waals surface area contributed by atoms with Crippen molar-refractivity contribution in [2.75, 3.05) is 0 Å². The van der Waals surface area contributed by atoms with Crippen molar-refractivity contribution in [1.29, 1.82) is 0 Å². The van der Waals surface area contributed by atoms with Gasteiger partial charge in [-0.25, -0.2) is 0 Å². The van der Waals surface area contributed by atoms with Crippen LogP contribution in [0.1, 0.15) is 59.8 Å². The number of hydrogen-bond donors (Lipinski definition) is 1. The zero-order valence-electron chi connectivity index (χ0n) is 10.1. The van der Waals surface area contributed by atoms with Crippen LogP contribution in [0.5, 0.6) is 0 Å². The first-order valence-electron chi connectivity index (χ1n) is 5.92. The predicted molar refractivity (Wildman–Crippen MR) is 61.2 cm³/mol. The lowest BCUT2D eigenvalue weighted by atomic mass is 9.96. The summed E-state index contributed by atoms with van der Waals surface area (Å²) in [5.74, 6) is 0.484. The summed E-state index contributed by atoms with van der Waals surface area (Å²) >= 11 is 0. The number of nitrogens with one attached hydrogen (secondary N) is 1. The van der Waals surface area contributed by atoms with Gasteiger partial charge in [-0.3, -0.25) is 4.79 Å². The molecule has 1 unspecified atom stereocenters. The highest BCUT2D eigenvalue weighted by molar-refractivity contribution is 5.78. The number of carbonyl (C=O) groups is 1. The third-order valence-electron chi connectivity index (χ3n) is 2.35. The molecule has 0 saturated carbocycles. The van der Waals surface area contributed by atoms with Gasteiger partial charge < -0.3 is 5.32 Å². The average molecular weight is 199 g/mol. The highest BCUT2D eigenvalue weighted by atomic mass is 16.1. The summed E-state index contributed by atoms with van der Waals surface area (Å²) in [4.78, 5) is 11.7. The zero-order chi connectivity index (χ0) is 11.0. The summed E-state index contributed by atoms with van der Waals surface area (Å²) in [7, 11) is 0. The van der Waals surface area contributed by atoms with Crippen LogP contribution in [0, 0.1) is 5.92 Å². The minimum Gasteiger partial charge on any atom is -0.354 e. The molecule has 1 amide bonds. The van der Waals surface area contributed by atoms with Crippen LogP contribution in [0.2, 0.25) is 0 Å². The van der Waals surface area contributed by atoms with Gasteiger partial charge in [0.25, 0.3) is 0 Å². The third kappa shape index (κ3) is 6.01. The second-order valence-corrected chi connectivity index (χ2v) is 4.29. The minimum absolute atomic E-state index is 0.238. The van der Waals surface area contributed by atoms with Crippen LogP contribution in [0.15, 0.2) is 0 Å². The van der Waals surface area contributed by atoms with Gasteiger partial charge in [-0.15, -0.1) is 0 Å². The van der Waals surface area contributed by atoms with Crippen molar-refractivity contribution in [2.24, 2.45) is 5.92 Å². The average Bonchev–Trinajstić information content (AvgIpc) is 2.10. The lowest BCUT2D eigenvalue weighted by molar-refractivity contribution is -0.126. The zero-order valence-corrected chi connectivity index (χ0v) is 10.1. The largest absolute Gasteiger partial charge is 0.354 e. The Morgan fingerprint density at radius 2 is 1.79 bits per heavy atom. The number of rotatable bonds is 7. The smallest absolute Gasteiger partial charge is 0.223 e. The van der Waals surface area contributed by atoms with Crippen molar-refractivity contribution < 1.29 is 4.79 Å². The molecule has 84 valence electrons. The molecular formula is C12H25NO. The molecule has 2 nitrogen and oxygen atoms in total. The molecular weight excluding hydrogens is 174 g/mol. The van der Waals surface area contributed by atoms with E-state index in [1.807, 2.05) is 13.8 Å². The fourth-order valence-electron chi connectivity index (χ4n) is 1.61. The van der Waals surface area contributed by atoms with Crippen LogP contribution >= 0.6 is 0 Å². The Labute approximate surface area is 88.5 Å². The van der Waals surface area contributed by atoms with E-state index in [2.05, 4.69) is 19.2 Å². The summed E-state index contributed by atoms with van der Waals surface area (Å²) in [5, 5.41) is 3.00. The third-order valence-corrected chi connectivity index (χ3v) is 2.35. The van der Waals surface area contributed by atoms with E-state index in [-0.39, 0.29) is 17.9 Å². The molecule has 0 rings (SSSR count). The van der Waals surface area contributed by atoms with Gasteiger partial charge in [-0.1, -0.05) is 33.1 Å². The maximum atomic E-state index is 11.7. The standard InChI is InChI=1S/C12H25NO/c1-5-7-9-11(8-6-2)12(14)13-10(3)4/h10-11H,5-9H2,1-4H3,(H,13,14). The van der Waals surface area contributed by atoms with E-state index in [0.717, 1.165) is 25.7 Å². The Balaban J connectivity index is 3.97. The number of amides is 1. The fraction of sp³-hybridized carbons (Fsp3) is 0.917. The molecule has 14 heavy (non-hydrogen) atoms. The molecule has 0 aliphatic carbocycles.